The zero-order chi connectivity index (χ0) is 19.9. The smallest absolute Gasteiger partial charge is 0.139 e. The first-order valence-electron chi connectivity index (χ1n) is 10.3. The highest BCUT2D eigenvalue weighted by Crippen LogP contribution is 2.32. The van der Waals surface area contributed by atoms with E-state index in [-0.39, 0.29) is 0 Å². The van der Waals surface area contributed by atoms with E-state index in [1.165, 1.54) is 11.1 Å². The SMILES string of the molecule is CSCC1CN(C2CCC(/C(=N/N)NN)CC2)C(Cc2ccc(C)cc2)CO1. The molecule has 1 aliphatic carbocycles. The Morgan fingerprint density at radius 1 is 1.25 bits per heavy atom. The summed E-state index contributed by atoms with van der Waals surface area (Å²) in [6.07, 6.45) is 7.99. The number of hydrazone groups is 1. The summed E-state index contributed by atoms with van der Waals surface area (Å²) in [5, 5.41) is 3.83. The molecule has 3 rings (SSSR count). The molecule has 1 heterocycles. The van der Waals surface area contributed by atoms with E-state index in [2.05, 4.69) is 52.9 Å². The number of morpholine rings is 1. The zero-order valence-corrected chi connectivity index (χ0v) is 18.0. The molecule has 0 spiro atoms. The summed E-state index contributed by atoms with van der Waals surface area (Å²) in [7, 11) is 0. The summed E-state index contributed by atoms with van der Waals surface area (Å²) in [6.45, 7) is 3.99. The number of hydrogen-bond acceptors (Lipinski definition) is 6. The third-order valence-corrected chi connectivity index (χ3v) is 6.90. The number of ether oxygens (including phenoxy) is 1. The molecular weight excluding hydrogens is 370 g/mol. The lowest BCUT2D eigenvalue weighted by molar-refractivity contribution is -0.0752. The van der Waals surface area contributed by atoms with Crippen molar-refractivity contribution in [2.45, 2.75) is 57.2 Å². The molecule has 0 bridgehead atoms. The van der Waals surface area contributed by atoms with Gasteiger partial charge in [-0.25, -0.2) is 5.84 Å². The number of rotatable bonds is 6. The molecule has 156 valence electrons. The molecule has 1 saturated heterocycles. The van der Waals surface area contributed by atoms with Crippen molar-refractivity contribution in [1.82, 2.24) is 10.3 Å². The third-order valence-electron chi connectivity index (χ3n) is 6.19. The van der Waals surface area contributed by atoms with Gasteiger partial charge in [0.25, 0.3) is 0 Å². The van der Waals surface area contributed by atoms with Crippen LogP contribution in [0.3, 0.4) is 0 Å². The van der Waals surface area contributed by atoms with Crippen LogP contribution in [0, 0.1) is 12.8 Å². The van der Waals surface area contributed by atoms with Gasteiger partial charge in [-0.2, -0.15) is 16.9 Å². The van der Waals surface area contributed by atoms with Crippen molar-refractivity contribution in [2.75, 3.05) is 25.2 Å². The number of nitrogens with one attached hydrogen (secondary N) is 1. The molecule has 0 amide bonds. The predicted octanol–water partition coefficient (Wildman–Crippen LogP) is 2.26. The summed E-state index contributed by atoms with van der Waals surface area (Å²) >= 11 is 1.87. The van der Waals surface area contributed by atoms with Gasteiger partial charge in [-0.15, -0.1) is 0 Å². The maximum absolute atomic E-state index is 6.22. The number of thioether (sulfide) groups is 1. The molecule has 2 atom stereocenters. The topological polar surface area (TPSA) is 88.9 Å². The molecular formula is C21H35N5OS. The van der Waals surface area contributed by atoms with Crippen molar-refractivity contribution in [3.63, 3.8) is 0 Å². The lowest BCUT2D eigenvalue weighted by Crippen LogP contribution is -2.56. The van der Waals surface area contributed by atoms with Crippen molar-refractivity contribution in [3.8, 4) is 0 Å². The Hall–Kier alpha value is -1.28. The van der Waals surface area contributed by atoms with Crippen LogP contribution in [0.25, 0.3) is 0 Å². The molecule has 1 aromatic rings. The Balaban J connectivity index is 1.67. The molecule has 0 radical (unpaired) electrons. The molecule has 5 N–H and O–H groups in total. The van der Waals surface area contributed by atoms with Crippen LogP contribution in [0.1, 0.15) is 36.8 Å². The van der Waals surface area contributed by atoms with Gasteiger partial charge in [0.05, 0.1) is 12.7 Å². The first kappa shape index (κ1) is 21.4. The van der Waals surface area contributed by atoms with Gasteiger partial charge >= 0.3 is 0 Å². The summed E-state index contributed by atoms with van der Waals surface area (Å²) < 4.78 is 6.22. The molecule has 28 heavy (non-hydrogen) atoms. The van der Waals surface area contributed by atoms with Gasteiger partial charge in [-0.1, -0.05) is 29.8 Å². The minimum absolute atomic E-state index is 0.328. The van der Waals surface area contributed by atoms with Crippen LogP contribution in [0.2, 0.25) is 0 Å². The van der Waals surface area contributed by atoms with Gasteiger partial charge in [0.2, 0.25) is 0 Å². The van der Waals surface area contributed by atoms with Crippen LogP contribution < -0.4 is 17.1 Å². The Morgan fingerprint density at radius 3 is 2.57 bits per heavy atom. The summed E-state index contributed by atoms with van der Waals surface area (Å²) in [5.41, 5.74) is 5.38. The molecule has 2 aliphatic rings. The van der Waals surface area contributed by atoms with E-state index in [9.17, 15) is 0 Å². The molecule has 7 heteroatoms. The van der Waals surface area contributed by atoms with E-state index in [4.69, 9.17) is 16.4 Å². The van der Waals surface area contributed by atoms with E-state index in [1.807, 2.05) is 11.8 Å². The standard InChI is InChI=1S/C21H35N5OS/c1-15-3-5-16(6-4-15)11-19-13-27-20(14-28-2)12-26(19)18-9-7-17(8-10-18)21(24-22)25-23/h3-6,17-20H,7-14,22-23H2,1-2H3,(H,24,25). The first-order chi connectivity index (χ1) is 13.6. The summed E-state index contributed by atoms with van der Waals surface area (Å²) in [4.78, 5) is 2.73. The maximum atomic E-state index is 6.22. The number of nitrogens with two attached hydrogens (primary N) is 2. The molecule has 0 aromatic heterocycles. The number of benzene rings is 1. The van der Waals surface area contributed by atoms with Crippen molar-refractivity contribution >= 4 is 17.6 Å². The first-order valence-corrected chi connectivity index (χ1v) is 11.7. The Morgan fingerprint density at radius 2 is 1.96 bits per heavy atom. The minimum Gasteiger partial charge on any atom is -0.374 e. The van der Waals surface area contributed by atoms with Crippen LogP contribution in [-0.4, -0.2) is 54.1 Å². The third kappa shape index (κ3) is 5.41. The van der Waals surface area contributed by atoms with E-state index in [0.717, 1.165) is 56.8 Å². The minimum atomic E-state index is 0.328. The van der Waals surface area contributed by atoms with E-state index in [0.29, 0.717) is 24.1 Å². The second-order valence-corrected chi connectivity index (χ2v) is 9.03. The number of nitrogens with zero attached hydrogens (tertiary/aromatic N) is 2. The fraction of sp³-hybridized carbons (Fsp3) is 0.667. The van der Waals surface area contributed by atoms with Crippen molar-refractivity contribution in [2.24, 2.45) is 22.7 Å². The predicted molar refractivity (Wildman–Crippen MR) is 118 cm³/mol. The van der Waals surface area contributed by atoms with Crippen molar-refractivity contribution < 1.29 is 4.74 Å². The van der Waals surface area contributed by atoms with Gasteiger partial charge in [0.1, 0.15) is 5.84 Å². The van der Waals surface area contributed by atoms with Crippen LogP contribution in [0.4, 0.5) is 0 Å². The molecule has 1 aromatic carbocycles. The molecule has 1 saturated carbocycles. The highest BCUT2D eigenvalue weighted by Gasteiger charge is 2.36. The van der Waals surface area contributed by atoms with E-state index in [1.54, 1.807) is 0 Å². The maximum Gasteiger partial charge on any atom is 0.139 e. The van der Waals surface area contributed by atoms with Gasteiger partial charge < -0.3 is 16.0 Å². The second-order valence-electron chi connectivity index (χ2n) is 8.12. The fourth-order valence-corrected chi connectivity index (χ4v) is 5.20. The Bertz CT molecular complexity index is 630. The number of hydrazine groups is 1. The number of amidine groups is 1. The Kier molecular flexibility index (Phi) is 8.02. The van der Waals surface area contributed by atoms with Crippen LogP contribution in [0.5, 0.6) is 0 Å². The number of hydrogen-bond donors (Lipinski definition) is 3. The largest absolute Gasteiger partial charge is 0.374 e. The van der Waals surface area contributed by atoms with Crippen molar-refractivity contribution in [3.05, 3.63) is 35.4 Å². The Labute approximate surface area is 173 Å². The summed E-state index contributed by atoms with van der Waals surface area (Å²) in [5.74, 6) is 13.2. The van der Waals surface area contributed by atoms with E-state index < -0.39 is 0 Å². The normalized spacial score (nSPS) is 29.6. The van der Waals surface area contributed by atoms with Crippen LogP contribution >= 0.6 is 11.8 Å². The highest BCUT2D eigenvalue weighted by atomic mass is 32.2. The van der Waals surface area contributed by atoms with Gasteiger partial charge in [-0.05, 0) is 50.8 Å². The highest BCUT2D eigenvalue weighted by molar-refractivity contribution is 7.98. The zero-order valence-electron chi connectivity index (χ0n) is 17.1. The average molecular weight is 406 g/mol. The fourth-order valence-electron chi connectivity index (χ4n) is 4.63. The lowest BCUT2D eigenvalue weighted by Gasteiger charge is -2.46. The van der Waals surface area contributed by atoms with Crippen LogP contribution in [-0.2, 0) is 11.2 Å². The molecule has 2 unspecified atom stereocenters. The van der Waals surface area contributed by atoms with Gasteiger partial charge in [0, 0.05) is 30.3 Å². The number of aryl methyl sites for hydroxylation is 1. The quantitative estimate of drug-likeness (QED) is 0.291. The summed E-state index contributed by atoms with van der Waals surface area (Å²) in [6, 6.07) is 9.97. The monoisotopic (exact) mass is 405 g/mol. The van der Waals surface area contributed by atoms with E-state index >= 15 is 0 Å². The van der Waals surface area contributed by atoms with Gasteiger partial charge in [0.15, 0.2) is 0 Å². The average Bonchev–Trinajstić information content (AvgIpc) is 2.72. The molecule has 6 nitrogen and oxygen atoms in total. The molecule has 1 aliphatic heterocycles. The second kappa shape index (κ2) is 10.5. The van der Waals surface area contributed by atoms with Gasteiger partial charge in [-0.3, -0.25) is 4.90 Å². The van der Waals surface area contributed by atoms with Crippen molar-refractivity contribution in [1.29, 1.82) is 0 Å². The lowest BCUT2D eigenvalue weighted by atomic mass is 9.83. The van der Waals surface area contributed by atoms with Crippen LogP contribution in [0.15, 0.2) is 29.4 Å². The molecule has 2 fully saturated rings.